The average Bonchev–Trinajstić information content (AvgIpc) is 3.24. The molecule has 2 aromatic heterocycles. The van der Waals surface area contributed by atoms with E-state index in [1.54, 1.807) is 0 Å². The molecule has 0 unspecified atom stereocenters. The number of aromatic nitrogens is 3. The van der Waals surface area contributed by atoms with E-state index in [4.69, 9.17) is 39.0 Å². The summed E-state index contributed by atoms with van der Waals surface area (Å²) in [4.78, 5) is 12.0. The first-order chi connectivity index (χ1) is 20.5. The molecule has 0 spiro atoms. The van der Waals surface area contributed by atoms with Crippen molar-refractivity contribution in [1.29, 1.82) is 0 Å². The molecule has 26 heavy (non-hydrogen) atoms. The molecule has 0 saturated carbocycles. The minimum atomic E-state index is -4.10. The fraction of sp³-hybridized carbons (Fsp3) is 0.368. The van der Waals surface area contributed by atoms with Crippen molar-refractivity contribution >= 4 is 22.9 Å². The Morgan fingerprint density at radius 2 is 2.04 bits per heavy atom. The van der Waals surface area contributed by atoms with Gasteiger partial charge in [0.05, 0.1) is 16.4 Å². The van der Waals surface area contributed by atoms with E-state index in [1.165, 1.54) is 0 Å². The van der Waals surface area contributed by atoms with Crippen molar-refractivity contribution in [3.63, 3.8) is 0 Å². The van der Waals surface area contributed by atoms with Crippen LogP contribution in [0.1, 0.15) is 33.8 Å². The molecular formula is C19H22ClN5O. The number of rotatable bonds is 5. The Labute approximate surface area is 185 Å². The van der Waals surface area contributed by atoms with Gasteiger partial charge in [0.1, 0.15) is 0 Å². The summed E-state index contributed by atoms with van der Waals surface area (Å²) in [5.41, 5.74) is -3.33. The lowest BCUT2D eigenvalue weighted by Crippen LogP contribution is -2.46. The summed E-state index contributed by atoms with van der Waals surface area (Å²) in [6, 6.07) is -6.75. The Hall–Kier alpha value is -2.31. The van der Waals surface area contributed by atoms with Crippen LogP contribution >= 0.6 is 11.6 Å². The van der Waals surface area contributed by atoms with Gasteiger partial charge >= 0.3 is 5.69 Å². The zero-order chi connectivity index (χ0) is 35.7. The Morgan fingerprint density at radius 1 is 1.19 bits per heavy atom. The zero-order valence-electron chi connectivity index (χ0n) is 32.7. The highest BCUT2D eigenvalue weighted by molar-refractivity contribution is 6.30. The van der Waals surface area contributed by atoms with E-state index in [9.17, 15) is 4.79 Å². The molecule has 7 heteroatoms. The second kappa shape index (κ2) is 7.51. The minimum absolute atomic E-state index is 0.172. The van der Waals surface area contributed by atoms with Gasteiger partial charge in [-0.1, -0.05) is 23.7 Å². The van der Waals surface area contributed by atoms with E-state index in [-0.39, 0.29) is 9.58 Å². The number of nitrogens with zero attached hydrogens (tertiary/aromatic N) is 5. The summed E-state index contributed by atoms with van der Waals surface area (Å²) in [5.74, 6) is 0. The summed E-state index contributed by atoms with van der Waals surface area (Å²) in [6.07, 6.45) is -4.59. The fourth-order valence-corrected chi connectivity index (χ4v) is 2.04. The first kappa shape index (κ1) is 5.59. The maximum atomic E-state index is 13.0. The summed E-state index contributed by atoms with van der Waals surface area (Å²) < 4.78 is 167. The molecule has 1 aliphatic heterocycles. The molecule has 4 rings (SSSR count). The lowest BCUT2D eigenvalue weighted by Gasteiger charge is -2.36. The zero-order valence-corrected chi connectivity index (χ0v) is 13.5. The highest BCUT2D eigenvalue weighted by Gasteiger charge is 2.17. The topological polar surface area (TPSA) is 45.8 Å². The number of piperazine rings is 1. The van der Waals surface area contributed by atoms with Gasteiger partial charge in [0.15, 0.2) is 5.65 Å². The Balaban J connectivity index is 1.93. The Bertz CT molecular complexity index is 1780. The fourth-order valence-electron chi connectivity index (χ4n) is 1.90. The Kier molecular flexibility index (Phi) is 1.62. The van der Waals surface area contributed by atoms with Gasteiger partial charge in [-0.3, -0.25) is 9.30 Å². The molecule has 3 aromatic rings. The predicted octanol–water partition coefficient (Wildman–Crippen LogP) is 2.36. The summed E-state index contributed by atoms with van der Waals surface area (Å²) in [7, 11) is 0. The van der Waals surface area contributed by atoms with Crippen molar-refractivity contribution in [2.24, 2.45) is 0 Å². The van der Waals surface area contributed by atoms with Crippen molar-refractivity contribution in [2.75, 3.05) is 37.4 Å². The smallest absolute Gasteiger partial charge is 0.350 e. The molecular weight excluding hydrogens is 350 g/mol. The van der Waals surface area contributed by atoms with E-state index in [0.29, 0.717) is 4.40 Å². The molecule has 1 aromatic carbocycles. The summed E-state index contributed by atoms with van der Waals surface area (Å²) >= 11 is 5.89. The number of halogens is 1. The standard InChI is InChI=1S/C19H22ClN5O/c20-16-5-3-6-17(15-16)23-13-11-22(12-14-23)8-4-10-25-19(26)24-9-2-1-7-18(24)21-25/h1-3,5-7,9,15H,4,8,10-14H2/i1D,2D,3D,4D2,5D,6D,7D,8D2,9D,11D2,12D2,13D2,14D2,15D. The van der Waals surface area contributed by atoms with Crippen LogP contribution in [0, 0.1) is 0 Å². The van der Waals surface area contributed by atoms with Crippen LogP contribution in [-0.2, 0) is 6.54 Å². The van der Waals surface area contributed by atoms with Crippen LogP contribution in [0.3, 0.4) is 0 Å². The van der Waals surface area contributed by atoms with Gasteiger partial charge in [-0.25, -0.2) is 9.48 Å². The van der Waals surface area contributed by atoms with Gasteiger partial charge < -0.3 is 4.90 Å². The molecule has 6 nitrogen and oxygen atoms in total. The van der Waals surface area contributed by atoms with Crippen LogP contribution in [0.15, 0.2) is 53.3 Å². The van der Waals surface area contributed by atoms with Crippen LogP contribution in [0.2, 0.25) is 5.02 Å². The SMILES string of the molecule is [2H]c1c([2H])c(Cl)c([2H])c(N2C([2H])([2H])C([2H])([2H])N(C([2H])([2H])C([2H])([2H])Cn3nc4c([2H])c([2H])c([2H])c([2H])n4c3=O)C([2H])([2H])C2([2H])[2H])c1[2H]. The van der Waals surface area contributed by atoms with E-state index < -0.39 is 121 Å². The number of pyridine rings is 1. The minimum Gasteiger partial charge on any atom is -0.369 e. The van der Waals surface area contributed by atoms with E-state index >= 15 is 0 Å². The molecule has 1 fully saturated rings. The average molecular weight is 392 g/mol. The highest BCUT2D eigenvalue weighted by Crippen LogP contribution is 2.20. The molecule has 0 N–H and O–H groups in total. The summed E-state index contributed by atoms with van der Waals surface area (Å²) in [6.45, 7) is -21.8. The molecule has 0 aliphatic carbocycles. The van der Waals surface area contributed by atoms with Crippen molar-refractivity contribution in [1.82, 2.24) is 19.1 Å². The van der Waals surface area contributed by atoms with Gasteiger partial charge in [0.2, 0.25) is 0 Å². The first-order valence-corrected chi connectivity index (χ1v) is 7.35. The number of hydrogen-bond acceptors (Lipinski definition) is 4. The number of hydrogen-bond donors (Lipinski definition) is 0. The van der Waals surface area contributed by atoms with Crippen LogP contribution in [0.4, 0.5) is 5.69 Å². The van der Waals surface area contributed by atoms with Crippen LogP contribution < -0.4 is 10.6 Å². The molecule has 0 atom stereocenters. The van der Waals surface area contributed by atoms with E-state index in [2.05, 4.69) is 5.10 Å². The van der Waals surface area contributed by atoms with Crippen LogP contribution in [-0.4, -0.2) is 51.6 Å². The number of aryl methyl sites for hydroxylation is 1. The molecule has 1 saturated heterocycles. The number of benzene rings is 1. The Morgan fingerprint density at radius 3 is 2.88 bits per heavy atom. The van der Waals surface area contributed by atoms with Gasteiger partial charge in [-0.05, 0) is 36.6 Å². The van der Waals surface area contributed by atoms with Gasteiger partial charge in [0, 0.05) is 66.9 Å². The molecule has 136 valence electrons. The van der Waals surface area contributed by atoms with E-state index in [0.717, 1.165) is 0 Å². The molecule has 0 bridgehead atoms. The van der Waals surface area contributed by atoms with Gasteiger partial charge in [0.25, 0.3) is 0 Å². The maximum Gasteiger partial charge on any atom is 0.350 e. The van der Waals surface area contributed by atoms with Crippen molar-refractivity contribution in [2.45, 2.75) is 12.9 Å². The molecule has 0 radical (unpaired) electrons. The van der Waals surface area contributed by atoms with Crippen LogP contribution in [0.5, 0.6) is 0 Å². The highest BCUT2D eigenvalue weighted by atomic mass is 35.5. The monoisotopic (exact) mass is 391 g/mol. The number of anilines is 1. The van der Waals surface area contributed by atoms with Crippen LogP contribution in [0.25, 0.3) is 5.65 Å². The second-order valence-electron chi connectivity index (χ2n) is 4.66. The third kappa shape index (κ3) is 3.61. The molecule has 1 aliphatic rings. The van der Waals surface area contributed by atoms with Gasteiger partial charge in [-0.15, -0.1) is 5.10 Å². The normalized spacial score (nSPS) is 35.7. The quantitative estimate of drug-likeness (QED) is 0.669. The van der Waals surface area contributed by atoms with E-state index in [1.807, 2.05) is 0 Å². The number of fused-ring (bicyclic) bond motifs is 1. The second-order valence-corrected chi connectivity index (χ2v) is 5.03. The van der Waals surface area contributed by atoms with Crippen molar-refractivity contribution < 1.29 is 27.4 Å². The van der Waals surface area contributed by atoms with Gasteiger partial charge in [-0.2, -0.15) is 0 Å². The largest absolute Gasteiger partial charge is 0.369 e. The molecule has 3 heterocycles. The lowest BCUT2D eigenvalue weighted by atomic mass is 10.2. The maximum absolute atomic E-state index is 13.0. The van der Waals surface area contributed by atoms with Crippen molar-refractivity contribution in [3.05, 3.63) is 64.0 Å². The first-order valence-electron chi connectivity index (χ1n) is 17.0. The third-order valence-electron chi connectivity index (χ3n) is 3.02. The predicted molar refractivity (Wildman–Crippen MR) is 104 cm³/mol. The summed E-state index contributed by atoms with van der Waals surface area (Å²) in [5, 5.41) is 2.77. The van der Waals surface area contributed by atoms with Crippen molar-refractivity contribution in [3.8, 4) is 0 Å². The lowest BCUT2D eigenvalue weighted by molar-refractivity contribution is 0.248. The third-order valence-corrected chi connectivity index (χ3v) is 3.20. The molecule has 0 amide bonds.